The number of aryl methyl sites for hydroxylation is 3. The van der Waals surface area contributed by atoms with Gasteiger partial charge in [0.05, 0.1) is 0 Å². The SMILES string of the molecule is Cc1ccc(NC(=O)CCc2nnc([C@H]3C[C@@H](CC4CCCC4)C3)n2C2CC2)c(C)c1. The van der Waals surface area contributed by atoms with Crippen LogP contribution in [-0.4, -0.2) is 20.7 Å². The van der Waals surface area contributed by atoms with E-state index in [-0.39, 0.29) is 5.91 Å². The number of hydrogen-bond donors (Lipinski definition) is 1. The molecule has 0 unspecified atom stereocenters. The highest BCUT2D eigenvalue weighted by molar-refractivity contribution is 5.91. The summed E-state index contributed by atoms with van der Waals surface area (Å²) in [7, 11) is 0. The number of carbonyl (C=O) groups is 1. The fraction of sp³-hybridized carbons (Fsp3) is 0.654. The molecule has 31 heavy (non-hydrogen) atoms. The Morgan fingerprint density at radius 2 is 1.84 bits per heavy atom. The summed E-state index contributed by atoms with van der Waals surface area (Å²) >= 11 is 0. The van der Waals surface area contributed by atoms with Crippen molar-refractivity contribution >= 4 is 11.6 Å². The van der Waals surface area contributed by atoms with Gasteiger partial charge in [0.25, 0.3) is 0 Å². The van der Waals surface area contributed by atoms with Crippen LogP contribution in [0.3, 0.4) is 0 Å². The lowest BCUT2D eigenvalue weighted by Crippen LogP contribution is -2.26. The maximum atomic E-state index is 12.6. The number of nitrogens with one attached hydrogen (secondary N) is 1. The summed E-state index contributed by atoms with van der Waals surface area (Å²) in [6, 6.07) is 6.70. The van der Waals surface area contributed by atoms with E-state index < -0.39 is 0 Å². The summed E-state index contributed by atoms with van der Waals surface area (Å²) in [5.41, 5.74) is 3.22. The van der Waals surface area contributed by atoms with Gasteiger partial charge in [0.2, 0.25) is 5.91 Å². The molecule has 3 saturated carbocycles. The van der Waals surface area contributed by atoms with Gasteiger partial charge in [-0.05, 0) is 69.4 Å². The molecule has 3 aliphatic rings. The van der Waals surface area contributed by atoms with Crippen molar-refractivity contribution in [3.05, 3.63) is 41.0 Å². The van der Waals surface area contributed by atoms with Gasteiger partial charge < -0.3 is 9.88 Å². The van der Waals surface area contributed by atoms with Gasteiger partial charge in [-0.1, -0.05) is 43.4 Å². The third kappa shape index (κ3) is 4.70. The normalized spacial score (nSPS) is 23.7. The topological polar surface area (TPSA) is 59.8 Å². The molecule has 1 amide bonds. The minimum absolute atomic E-state index is 0.0547. The van der Waals surface area contributed by atoms with Gasteiger partial charge in [-0.3, -0.25) is 4.79 Å². The lowest BCUT2D eigenvalue weighted by Gasteiger charge is -2.36. The van der Waals surface area contributed by atoms with Crippen LogP contribution in [0.2, 0.25) is 0 Å². The molecule has 0 radical (unpaired) electrons. The van der Waals surface area contributed by atoms with Gasteiger partial charge in [0.1, 0.15) is 11.6 Å². The number of carbonyl (C=O) groups excluding carboxylic acids is 1. The average molecular weight is 421 g/mol. The van der Waals surface area contributed by atoms with Crippen LogP contribution in [0.1, 0.15) is 98.9 Å². The highest BCUT2D eigenvalue weighted by Gasteiger charge is 2.39. The predicted molar refractivity (Wildman–Crippen MR) is 123 cm³/mol. The number of hydrogen-bond acceptors (Lipinski definition) is 3. The first-order valence-electron chi connectivity index (χ1n) is 12.4. The van der Waals surface area contributed by atoms with Crippen LogP contribution in [0.25, 0.3) is 0 Å². The summed E-state index contributed by atoms with van der Waals surface area (Å²) in [5.74, 6) is 4.72. The lowest BCUT2D eigenvalue weighted by atomic mass is 9.70. The van der Waals surface area contributed by atoms with Gasteiger partial charge in [0.15, 0.2) is 0 Å². The molecule has 1 aromatic carbocycles. The molecule has 1 N–H and O–H groups in total. The largest absolute Gasteiger partial charge is 0.326 e. The molecule has 0 spiro atoms. The zero-order chi connectivity index (χ0) is 21.4. The Balaban J connectivity index is 1.18. The van der Waals surface area contributed by atoms with E-state index in [1.807, 2.05) is 19.1 Å². The van der Waals surface area contributed by atoms with Crippen molar-refractivity contribution in [3.8, 4) is 0 Å². The lowest BCUT2D eigenvalue weighted by molar-refractivity contribution is -0.116. The van der Waals surface area contributed by atoms with Crippen LogP contribution in [0.15, 0.2) is 18.2 Å². The second-order valence-corrected chi connectivity index (χ2v) is 10.4. The van der Waals surface area contributed by atoms with E-state index in [0.29, 0.717) is 24.8 Å². The Morgan fingerprint density at radius 1 is 1.06 bits per heavy atom. The molecule has 0 bridgehead atoms. The van der Waals surface area contributed by atoms with Crippen molar-refractivity contribution < 1.29 is 4.79 Å². The van der Waals surface area contributed by atoms with Crippen molar-refractivity contribution in [1.29, 1.82) is 0 Å². The van der Waals surface area contributed by atoms with Crippen LogP contribution in [0, 0.1) is 25.7 Å². The smallest absolute Gasteiger partial charge is 0.224 e. The first-order chi connectivity index (χ1) is 15.1. The van der Waals surface area contributed by atoms with Crippen LogP contribution >= 0.6 is 0 Å². The Morgan fingerprint density at radius 3 is 2.55 bits per heavy atom. The molecular formula is C26H36N4O. The highest BCUT2D eigenvalue weighted by atomic mass is 16.1. The molecule has 2 aromatic rings. The van der Waals surface area contributed by atoms with Crippen LogP contribution < -0.4 is 5.32 Å². The van der Waals surface area contributed by atoms with Crippen molar-refractivity contribution in [2.24, 2.45) is 11.8 Å². The standard InChI is InChI=1S/C26H36N4O/c1-17-7-10-23(18(2)13-17)27-25(31)12-11-24-28-29-26(30(24)22-8-9-22)21-15-20(16-21)14-19-5-3-4-6-19/h7,10,13,19-22H,3-6,8-9,11-12,14-16H2,1-2H3,(H,27,31)/t20-,21+. The van der Waals surface area contributed by atoms with E-state index in [0.717, 1.165) is 28.9 Å². The van der Waals surface area contributed by atoms with E-state index >= 15 is 0 Å². The molecule has 0 atom stereocenters. The van der Waals surface area contributed by atoms with Gasteiger partial charge >= 0.3 is 0 Å². The van der Waals surface area contributed by atoms with E-state index in [1.54, 1.807) is 0 Å². The minimum atomic E-state index is 0.0547. The number of benzene rings is 1. The molecule has 5 nitrogen and oxygen atoms in total. The Kier molecular flexibility index (Phi) is 5.85. The van der Waals surface area contributed by atoms with E-state index in [4.69, 9.17) is 0 Å². The third-order valence-electron chi connectivity index (χ3n) is 7.68. The number of nitrogens with zero attached hydrogens (tertiary/aromatic N) is 3. The fourth-order valence-corrected chi connectivity index (χ4v) is 5.77. The highest BCUT2D eigenvalue weighted by Crippen LogP contribution is 2.48. The van der Waals surface area contributed by atoms with Gasteiger partial charge in [-0.15, -0.1) is 10.2 Å². The second-order valence-electron chi connectivity index (χ2n) is 10.4. The first kappa shape index (κ1) is 20.7. The van der Waals surface area contributed by atoms with Crippen LogP contribution in [0.4, 0.5) is 5.69 Å². The summed E-state index contributed by atoms with van der Waals surface area (Å²) in [5, 5.41) is 12.2. The van der Waals surface area contributed by atoms with E-state index in [2.05, 4.69) is 33.1 Å². The van der Waals surface area contributed by atoms with Gasteiger partial charge in [-0.2, -0.15) is 0 Å². The Labute approximate surface area is 186 Å². The molecule has 0 saturated heterocycles. The molecule has 5 rings (SSSR count). The van der Waals surface area contributed by atoms with Crippen molar-refractivity contribution in [2.45, 2.75) is 96.4 Å². The Bertz CT molecular complexity index is 933. The van der Waals surface area contributed by atoms with E-state index in [1.165, 1.54) is 69.2 Å². The molecule has 1 aromatic heterocycles. The van der Waals surface area contributed by atoms with Gasteiger partial charge in [-0.25, -0.2) is 0 Å². The molecule has 3 fully saturated rings. The summed E-state index contributed by atoms with van der Waals surface area (Å²) in [6.07, 6.45) is 13.4. The molecule has 5 heteroatoms. The summed E-state index contributed by atoms with van der Waals surface area (Å²) in [4.78, 5) is 12.6. The zero-order valence-electron chi connectivity index (χ0n) is 19.1. The molecule has 0 aliphatic heterocycles. The summed E-state index contributed by atoms with van der Waals surface area (Å²) in [6.45, 7) is 4.11. The quantitative estimate of drug-likeness (QED) is 0.580. The fourth-order valence-electron chi connectivity index (χ4n) is 5.77. The van der Waals surface area contributed by atoms with Crippen LogP contribution in [-0.2, 0) is 11.2 Å². The zero-order valence-corrected chi connectivity index (χ0v) is 19.1. The second kappa shape index (κ2) is 8.76. The minimum Gasteiger partial charge on any atom is -0.326 e. The predicted octanol–water partition coefficient (Wildman–Crippen LogP) is 5.88. The maximum absolute atomic E-state index is 12.6. The third-order valence-corrected chi connectivity index (χ3v) is 7.68. The number of rotatable bonds is 8. The first-order valence-corrected chi connectivity index (χ1v) is 12.4. The average Bonchev–Trinajstić information content (AvgIpc) is 3.25. The van der Waals surface area contributed by atoms with Crippen molar-refractivity contribution in [2.75, 3.05) is 5.32 Å². The molecule has 1 heterocycles. The summed E-state index contributed by atoms with van der Waals surface area (Å²) < 4.78 is 2.40. The molecule has 3 aliphatic carbocycles. The van der Waals surface area contributed by atoms with Crippen molar-refractivity contribution in [3.63, 3.8) is 0 Å². The number of amides is 1. The van der Waals surface area contributed by atoms with Crippen LogP contribution in [0.5, 0.6) is 0 Å². The monoisotopic (exact) mass is 420 g/mol. The number of aromatic nitrogens is 3. The molecular weight excluding hydrogens is 384 g/mol. The number of anilines is 1. The Hall–Kier alpha value is -2.17. The van der Waals surface area contributed by atoms with Crippen molar-refractivity contribution in [1.82, 2.24) is 14.8 Å². The maximum Gasteiger partial charge on any atom is 0.224 e. The van der Waals surface area contributed by atoms with E-state index in [9.17, 15) is 4.79 Å². The molecule has 166 valence electrons. The van der Waals surface area contributed by atoms with Gasteiger partial charge in [0, 0.05) is 30.5 Å².